The highest BCUT2D eigenvalue weighted by atomic mass is 35.5. The molecule has 3 atom stereocenters. The second kappa shape index (κ2) is 9.17. The maximum Gasteiger partial charge on any atom is 0.327 e. The lowest BCUT2D eigenvalue weighted by molar-refractivity contribution is -0.150. The first-order valence-electron chi connectivity index (χ1n) is 8.37. The van der Waals surface area contributed by atoms with E-state index < -0.39 is 18.1 Å². The molecule has 1 unspecified atom stereocenters. The van der Waals surface area contributed by atoms with Gasteiger partial charge in [-0.25, -0.2) is 4.79 Å². The van der Waals surface area contributed by atoms with Crippen molar-refractivity contribution in [2.75, 3.05) is 26.8 Å². The third-order valence-corrected chi connectivity index (χ3v) is 4.79. The second-order valence-electron chi connectivity index (χ2n) is 6.07. The summed E-state index contributed by atoms with van der Waals surface area (Å²) in [5, 5.41) is 10.7. The molecular formula is C18H24ClNO5. The third-order valence-electron chi connectivity index (χ3n) is 4.45. The Labute approximate surface area is 152 Å². The van der Waals surface area contributed by atoms with Gasteiger partial charge in [-0.3, -0.25) is 9.69 Å². The quantitative estimate of drug-likeness (QED) is 0.775. The number of nitrogens with zero attached hydrogens (tertiary/aromatic N) is 1. The molecule has 0 aliphatic carbocycles. The fourth-order valence-corrected chi connectivity index (χ4v) is 3.44. The van der Waals surface area contributed by atoms with E-state index in [0.29, 0.717) is 36.7 Å². The lowest BCUT2D eigenvalue weighted by Crippen LogP contribution is -2.47. The van der Waals surface area contributed by atoms with Crippen LogP contribution < -0.4 is 0 Å². The molecule has 0 spiro atoms. The summed E-state index contributed by atoms with van der Waals surface area (Å²) in [5.41, 5.74) is 0.655. The Morgan fingerprint density at radius 1 is 1.40 bits per heavy atom. The number of likely N-dealkylation sites (tertiary alicyclic amines) is 1. The van der Waals surface area contributed by atoms with Crippen LogP contribution >= 0.6 is 11.6 Å². The van der Waals surface area contributed by atoms with Crippen molar-refractivity contribution in [2.45, 2.75) is 31.9 Å². The summed E-state index contributed by atoms with van der Waals surface area (Å²) in [4.78, 5) is 26.1. The first-order valence-corrected chi connectivity index (χ1v) is 8.75. The molecule has 138 valence electrons. The van der Waals surface area contributed by atoms with Crippen molar-refractivity contribution in [3.8, 4) is 0 Å². The molecular weight excluding hydrogens is 346 g/mol. The van der Waals surface area contributed by atoms with E-state index in [9.17, 15) is 14.7 Å². The van der Waals surface area contributed by atoms with Gasteiger partial charge in [0.1, 0.15) is 6.04 Å². The number of benzene rings is 1. The number of carbonyl (C=O) groups is 2. The summed E-state index contributed by atoms with van der Waals surface area (Å²) in [6, 6.07) is 6.45. The molecule has 1 aromatic rings. The van der Waals surface area contributed by atoms with Crippen LogP contribution in [0.25, 0.3) is 0 Å². The van der Waals surface area contributed by atoms with E-state index in [1.807, 2.05) is 11.0 Å². The molecule has 1 aliphatic rings. The monoisotopic (exact) mass is 369 g/mol. The van der Waals surface area contributed by atoms with Crippen LogP contribution in [0.4, 0.5) is 0 Å². The summed E-state index contributed by atoms with van der Waals surface area (Å²) in [5.74, 6) is -1.07. The highest BCUT2D eigenvalue weighted by Gasteiger charge is 2.37. The van der Waals surface area contributed by atoms with Gasteiger partial charge in [0.05, 0.1) is 26.2 Å². The molecule has 1 fully saturated rings. The Hall–Kier alpha value is -1.63. The Morgan fingerprint density at radius 3 is 2.76 bits per heavy atom. The molecule has 7 heteroatoms. The van der Waals surface area contributed by atoms with Crippen molar-refractivity contribution in [2.24, 2.45) is 5.92 Å². The fraction of sp³-hybridized carbons (Fsp3) is 0.556. The van der Waals surface area contributed by atoms with Crippen LogP contribution in [0.5, 0.6) is 0 Å². The number of ether oxygens (including phenoxy) is 2. The number of hydrogen-bond acceptors (Lipinski definition) is 6. The first kappa shape index (κ1) is 19.7. The molecule has 1 saturated heterocycles. The van der Waals surface area contributed by atoms with Crippen LogP contribution in [0, 0.1) is 5.92 Å². The molecule has 1 N–H and O–H groups in total. The first-order chi connectivity index (χ1) is 12.0. The summed E-state index contributed by atoms with van der Waals surface area (Å²) in [6.45, 7) is 2.93. The number of methoxy groups -OCH3 is 1. The van der Waals surface area contributed by atoms with Gasteiger partial charge in [0.25, 0.3) is 0 Å². The zero-order valence-corrected chi connectivity index (χ0v) is 15.2. The van der Waals surface area contributed by atoms with E-state index in [1.54, 1.807) is 25.1 Å². The predicted octanol–water partition coefficient (Wildman–Crippen LogP) is 2.19. The summed E-state index contributed by atoms with van der Waals surface area (Å²) >= 11 is 6.27. The van der Waals surface area contributed by atoms with Crippen LogP contribution in [-0.2, 0) is 19.1 Å². The molecule has 1 heterocycles. The lowest BCUT2D eigenvalue weighted by Gasteiger charge is -2.39. The average Bonchev–Trinajstić information content (AvgIpc) is 2.59. The van der Waals surface area contributed by atoms with Crippen molar-refractivity contribution in [1.29, 1.82) is 0 Å². The van der Waals surface area contributed by atoms with Gasteiger partial charge < -0.3 is 14.6 Å². The standard InChI is InChI=1S/C18H24ClNO5/c1-3-25-16(22)10-12-11-20(9-8-15(12)21)17(18(23)24-2)13-6-4-5-7-14(13)19/h4-7,12,15,17,21H,3,8-11H2,1-2H3/t12?,15-,17-/m0/s1. The van der Waals surface area contributed by atoms with Gasteiger partial charge in [0, 0.05) is 24.0 Å². The fourth-order valence-electron chi connectivity index (χ4n) is 3.20. The summed E-state index contributed by atoms with van der Waals surface area (Å²) < 4.78 is 9.94. The highest BCUT2D eigenvalue weighted by molar-refractivity contribution is 6.31. The van der Waals surface area contributed by atoms with E-state index in [2.05, 4.69) is 0 Å². The zero-order valence-electron chi connectivity index (χ0n) is 14.5. The van der Waals surface area contributed by atoms with E-state index in [1.165, 1.54) is 7.11 Å². The van der Waals surface area contributed by atoms with Crippen LogP contribution in [0.15, 0.2) is 24.3 Å². The smallest absolute Gasteiger partial charge is 0.327 e. The number of piperidine rings is 1. The van der Waals surface area contributed by atoms with Gasteiger partial charge in [-0.2, -0.15) is 0 Å². The third kappa shape index (κ3) is 4.93. The van der Waals surface area contributed by atoms with Crippen LogP contribution in [0.2, 0.25) is 5.02 Å². The van der Waals surface area contributed by atoms with Gasteiger partial charge >= 0.3 is 11.9 Å². The summed E-state index contributed by atoms with van der Waals surface area (Å²) in [7, 11) is 1.33. The molecule has 0 saturated carbocycles. The minimum atomic E-state index is -0.670. The number of rotatable bonds is 6. The van der Waals surface area contributed by atoms with E-state index >= 15 is 0 Å². The normalized spacial score (nSPS) is 22.2. The van der Waals surface area contributed by atoms with E-state index in [4.69, 9.17) is 21.1 Å². The molecule has 1 aromatic carbocycles. The summed E-state index contributed by atoms with van der Waals surface area (Å²) in [6.07, 6.45) is -0.0329. The minimum Gasteiger partial charge on any atom is -0.468 e. The highest BCUT2D eigenvalue weighted by Crippen LogP contribution is 2.33. The molecule has 0 bridgehead atoms. The Balaban J connectivity index is 2.21. The van der Waals surface area contributed by atoms with Gasteiger partial charge in [0.15, 0.2) is 0 Å². The largest absolute Gasteiger partial charge is 0.468 e. The van der Waals surface area contributed by atoms with Crippen LogP contribution in [-0.4, -0.2) is 54.9 Å². The molecule has 25 heavy (non-hydrogen) atoms. The van der Waals surface area contributed by atoms with Gasteiger partial charge in [-0.1, -0.05) is 29.8 Å². The van der Waals surface area contributed by atoms with Gasteiger partial charge in [-0.15, -0.1) is 0 Å². The Morgan fingerprint density at radius 2 is 2.12 bits per heavy atom. The van der Waals surface area contributed by atoms with Crippen LogP contribution in [0.1, 0.15) is 31.4 Å². The second-order valence-corrected chi connectivity index (χ2v) is 6.47. The van der Waals surface area contributed by atoms with E-state index in [0.717, 1.165) is 0 Å². The number of aliphatic hydroxyl groups is 1. The van der Waals surface area contributed by atoms with Crippen molar-refractivity contribution in [1.82, 2.24) is 4.90 Å². The number of aliphatic hydroxyl groups excluding tert-OH is 1. The SMILES string of the molecule is CCOC(=O)CC1CN([C@H](C(=O)OC)c2ccccc2Cl)CC[C@@H]1O. The zero-order chi connectivity index (χ0) is 18.4. The van der Waals surface area contributed by atoms with Gasteiger partial charge in [0.2, 0.25) is 0 Å². The average molecular weight is 370 g/mol. The topological polar surface area (TPSA) is 76.1 Å². The van der Waals surface area contributed by atoms with Crippen molar-refractivity contribution < 1.29 is 24.2 Å². The minimum absolute atomic E-state index is 0.113. The number of esters is 2. The Kier molecular flexibility index (Phi) is 7.23. The maximum absolute atomic E-state index is 12.4. The molecule has 2 rings (SSSR count). The maximum atomic E-state index is 12.4. The Bertz CT molecular complexity index is 609. The number of hydrogen-bond donors (Lipinski definition) is 1. The molecule has 0 amide bonds. The molecule has 1 aliphatic heterocycles. The van der Waals surface area contributed by atoms with Crippen LogP contribution in [0.3, 0.4) is 0 Å². The van der Waals surface area contributed by atoms with Crippen molar-refractivity contribution >= 4 is 23.5 Å². The van der Waals surface area contributed by atoms with Crippen molar-refractivity contribution in [3.05, 3.63) is 34.9 Å². The van der Waals surface area contributed by atoms with Gasteiger partial charge in [-0.05, 0) is 25.0 Å². The molecule has 0 radical (unpaired) electrons. The molecule has 0 aromatic heterocycles. The number of halogens is 1. The molecule has 6 nitrogen and oxygen atoms in total. The lowest BCUT2D eigenvalue weighted by atomic mass is 9.89. The van der Waals surface area contributed by atoms with Crippen molar-refractivity contribution in [3.63, 3.8) is 0 Å². The number of carbonyl (C=O) groups excluding carboxylic acids is 2. The predicted molar refractivity (Wildman–Crippen MR) is 93.1 cm³/mol. The van der Waals surface area contributed by atoms with E-state index in [-0.39, 0.29) is 18.3 Å².